The normalized spacial score (nSPS) is 18.5. The van der Waals surface area contributed by atoms with Crippen LogP contribution in [0, 0.1) is 11.6 Å². The van der Waals surface area contributed by atoms with Crippen molar-refractivity contribution in [2.24, 2.45) is 0 Å². The number of anilines is 1. The zero-order valence-electron chi connectivity index (χ0n) is 12.1. The molecular formula is C14H15F2N3O2S2. The van der Waals surface area contributed by atoms with Crippen LogP contribution in [-0.4, -0.2) is 32.5 Å². The van der Waals surface area contributed by atoms with Crippen molar-refractivity contribution >= 4 is 26.5 Å². The highest BCUT2D eigenvalue weighted by Gasteiger charge is 2.28. The first kappa shape index (κ1) is 16.3. The van der Waals surface area contributed by atoms with Crippen molar-refractivity contribution in [3.05, 3.63) is 41.4 Å². The standard InChI is InChI=1S/C14H15F2N3O2S2/c15-10-3-4-12(16)13(8-10)23(20,21)18-9-11-2-1-6-19(11)14-17-5-7-22-14/h3-5,7-8,11,18H,1-2,6,9H2. The van der Waals surface area contributed by atoms with E-state index in [1.54, 1.807) is 6.20 Å². The molecule has 1 aliphatic heterocycles. The lowest BCUT2D eigenvalue weighted by atomic mass is 10.2. The third-order valence-corrected chi connectivity index (χ3v) is 5.98. The molecule has 124 valence electrons. The fourth-order valence-corrected chi connectivity index (χ4v) is 4.53. The van der Waals surface area contributed by atoms with Crippen molar-refractivity contribution in [2.75, 3.05) is 18.0 Å². The van der Waals surface area contributed by atoms with Gasteiger partial charge in [-0.05, 0) is 31.0 Å². The minimum atomic E-state index is -4.10. The number of nitrogens with one attached hydrogen (secondary N) is 1. The minimum Gasteiger partial charge on any atom is -0.344 e. The Morgan fingerprint density at radius 2 is 2.22 bits per heavy atom. The van der Waals surface area contributed by atoms with E-state index in [4.69, 9.17) is 0 Å². The Morgan fingerprint density at radius 1 is 1.39 bits per heavy atom. The summed E-state index contributed by atoms with van der Waals surface area (Å²) in [4.78, 5) is 5.60. The molecule has 3 rings (SSSR count). The Balaban J connectivity index is 1.73. The van der Waals surface area contributed by atoms with E-state index in [-0.39, 0.29) is 12.6 Å². The topological polar surface area (TPSA) is 62.3 Å². The molecule has 23 heavy (non-hydrogen) atoms. The molecule has 1 N–H and O–H groups in total. The Kier molecular flexibility index (Phi) is 4.60. The third kappa shape index (κ3) is 3.51. The molecule has 1 atom stereocenters. The lowest BCUT2D eigenvalue weighted by molar-refractivity contribution is 0.539. The highest BCUT2D eigenvalue weighted by Crippen LogP contribution is 2.27. The monoisotopic (exact) mass is 359 g/mol. The van der Waals surface area contributed by atoms with Crippen molar-refractivity contribution in [1.29, 1.82) is 0 Å². The number of hydrogen-bond acceptors (Lipinski definition) is 5. The second kappa shape index (κ2) is 6.50. The van der Waals surface area contributed by atoms with Gasteiger partial charge < -0.3 is 4.90 Å². The molecule has 1 aromatic heterocycles. The van der Waals surface area contributed by atoms with Crippen molar-refractivity contribution in [1.82, 2.24) is 9.71 Å². The molecule has 0 radical (unpaired) electrons. The fraction of sp³-hybridized carbons (Fsp3) is 0.357. The molecule has 1 fully saturated rings. The molecule has 1 aromatic carbocycles. The quantitative estimate of drug-likeness (QED) is 0.890. The molecule has 1 aliphatic rings. The summed E-state index contributed by atoms with van der Waals surface area (Å²) in [6.45, 7) is 0.923. The molecule has 0 spiro atoms. The Hall–Kier alpha value is -1.58. The van der Waals surface area contributed by atoms with Crippen LogP contribution in [-0.2, 0) is 10.0 Å². The molecule has 0 aliphatic carbocycles. The van der Waals surface area contributed by atoms with Gasteiger partial charge in [-0.3, -0.25) is 0 Å². The summed E-state index contributed by atoms with van der Waals surface area (Å²) >= 11 is 1.49. The highest BCUT2D eigenvalue weighted by molar-refractivity contribution is 7.89. The van der Waals surface area contributed by atoms with Crippen LogP contribution in [0.1, 0.15) is 12.8 Å². The maximum Gasteiger partial charge on any atom is 0.243 e. The third-order valence-electron chi connectivity index (χ3n) is 3.73. The summed E-state index contributed by atoms with van der Waals surface area (Å²) in [5.41, 5.74) is 0. The Bertz CT molecular complexity index is 781. The SMILES string of the molecule is O=S(=O)(NCC1CCCN1c1nccs1)c1cc(F)ccc1F. The highest BCUT2D eigenvalue weighted by atomic mass is 32.2. The first-order valence-corrected chi connectivity index (χ1v) is 9.44. The van der Waals surface area contributed by atoms with Crippen molar-refractivity contribution in [2.45, 2.75) is 23.8 Å². The number of sulfonamides is 1. The molecule has 0 bridgehead atoms. The summed E-state index contributed by atoms with van der Waals surface area (Å²) in [6.07, 6.45) is 3.44. The van der Waals surface area contributed by atoms with E-state index in [9.17, 15) is 17.2 Å². The zero-order valence-corrected chi connectivity index (χ0v) is 13.7. The number of benzene rings is 1. The van der Waals surface area contributed by atoms with Crippen LogP contribution in [0.5, 0.6) is 0 Å². The van der Waals surface area contributed by atoms with Crippen LogP contribution in [0.15, 0.2) is 34.7 Å². The summed E-state index contributed by atoms with van der Waals surface area (Å²) in [5, 5.41) is 2.69. The molecule has 5 nitrogen and oxygen atoms in total. The number of aromatic nitrogens is 1. The predicted octanol–water partition coefficient (Wildman–Crippen LogP) is 2.37. The van der Waals surface area contributed by atoms with E-state index < -0.39 is 26.6 Å². The van der Waals surface area contributed by atoms with Crippen LogP contribution in [0.4, 0.5) is 13.9 Å². The van der Waals surface area contributed by atoms with Gasteiger partial charge in [0.25, 0.3) is 0 Å². The van der Waals surface area contributed by atoms with Gasteiger partial charge >= 0.3 is 0 Å². The van der Waals surface area contributed by atoms with E-state index in [0.29, 0.717) is 6.07 Å². The van der Waals surface area contributed by atoms with E-state index in [1.807, 2.05) is 10.3 Å². The first-order chi connectivity index (χ1) is 11.0. The minimum absolute atomic E-state index is 0.0486. The lowest BCUT2D eigenvalue weighted by Crippen LogP contribution is -2.40. The fourth-order valence-electron chi connectivity index (χ4n) is 2.62. The van der Waals surface area contributed by atoms with Gasteiger partial charge in [-0.25, -0.2) is 26.9 Å². The summed E-state index contributed by atoms with van der Waals surface area (Å²) in [7, 11) is -4.10. The van der Waals surface area contributed by atoms with E-state index >= 15 is 0 Å². The van der Waals surface area contributed by atoms with Gasteiger partial charge in [0.05, 0.1) is 0 Å². The number of thiazole rings is 1. The van der Waals surface area contributed by atoms with Crippen LogP contribution < -0.4 is 9.62 Å². The molecular weight excluding hydrogens is 344 g/mol. The smallest absolute Gasteiger partial charge is 0.243 e. The maximum atomic E-state index is 13.7. The Labute approximate surface area is 137 Å². The van der Waals surface area contributed by atoms with Crippen LogP contribution in [0.2, 0.25) is 0 Å². The predicted molar refractivity (Wildman–Crippen MR) is 84.0 cm³/mol. The van der Waals surface area contributed by atoms with E-state index in [2.05, 4.69) is 9.71 Å². The van der Waals surface area contributed by atoms with Gasteiger partial charge in [-0.1, -0.05) is 0 Å². The lowest BCUT2D eigenvalue weighted by Gasteiger charge is -2.24. The van der Waals surface area contributed by atoms with Gasteiger partial charge in [0.1, 0.15) is 16.5 Å². The van der Waals surface area contributed by atoms with Gasteiger partial charge in [-0.2, -0.15) is 0 Å². The number of nitrogens with zero attached hydrogens (tertiary/aromatic N) is 2. The molecule has 0 saturated carbocycles. The second-order valence-corrected chi connectivity index (χ2v) is 7.84. The second-order valence-electron chi connectivity index (χ2n) is 5.23. The molecule has 2 heterocycles. The van der Waals surface area contributed by atoms with E-state index in [1.165, 1.54) is 11.3 Å². The van der Waals surface area contributed by atoms with Crippen LogP contribution in [0.25, 0.3) is 0 Å². The number of rotatable bonds is 5. The van der Waals surface area contributed by atoms with Crippen molar-refractivity contribution in [3.63, 3.8) is 0 Å². The average molecular weight is 359 g/mol. The number of halogens is 2. The van der Waals surface area contributed by atoms with Gasteiger partial charge in [0, 0.05) is 30.7 Å². The zero-order chi connectivity index (χ0) is 16.4. The van der Waals surface area contributed by atoms with Crippen molar-refractivity contribution < 1.29 is 17.2 Å². The summed E-state index contributed by atoms with van der Waals surface area (Å²) in [5.74, 6) is -1.76. The van der Waals surface area contributed by atoms with E-state index in [0.717, 1.165) is 36.7 Å². The average Bonchev–Trinajstić information content (AvgIpc) is 3.17. The summed E-state index contributed by atoms with van der Waals surface area (Å²) < 4.78 is 53.6. The molecule has 1 unspecified atom stereocenters. The molecule has 9 heteroatoms. The van der Waals surface area contributed by atoms with Crippen LogP contribution in [0.3, 0.4) is 0 Å². The summed E-state index contributed by atoms with van der Waals surface area (Å²) in [6, 6.07) is 2.33. The van der Waals surface area contributed by atoms with Crippen molar-refractivity contribution in [3.8, 4) is 0 Å². The van der Waals surface area contributed by atoms with Gasteiger partial charge in [0.15, 0.2) is 5.13 Å². The molecule has 1 saturated heterocycles. The van der Waals surface area contributed by atoms with Crippen LogP contribution >= 0.6 is 11.3 Å². The largest absolute Gasteiger partial charge is 0.344 e. The maximum absolute atomic E-state index is 13.7. The van der Waals surface area contributed by atoms with Gasteiger partial charge in [0.2, 0.25) is 10.0 Å². The van der Waals surface area contributed by atoms with Gasteiger partial charge in [-0.15, -0.1) is 11.3 Å². The Morgan fingerprint density at radius 3 is 2.96 bits per heavy atom. The molecule has 2 aromatic rings. The molecule has 0 amide bonds. The number of hydrogen-bond donors (Lipinski definition) is 1. The first-order valence-electron chi connectivity index (χ1n) is 7.08.